The lowest BCUT2D eigenvalue weighted by Gasteiger charge is -2.42. The molecule has 1 fully saturated rings. The molecule has 0 saturated carbocycles. The van der Waals surface area contributed by atoms with Crippen LogP contribution in [-0.2, 0) is 19.6 Å². The van der Waals surface area contributed by atoms with E-state index in [-0.39, 0.29) is 24.2 Å². The molecule has 1 aliphatic heterocycles. The van der Waals surface area contributed by atoms with Crippen LogP contribution in [0, 0.1) is 6.92 Å². The number of anilines is 2. The van der Waals surface area contributed by atoms with Gasteiger partial charge in [0, 0.05) is 30.9 Å². The quantitative estimate of drug-likeness (QED) is 0.576. The fourth-order valence-electron chi connectivity index (χ4n) is 3.53. The third kappa shape index (κ3) is 6.68. The van der Waals surface area contributed by atoms with Crippen LogP contribution in [0.1, 0.15) is 59.4 Å². The fourth-order valence-corrected chi connectivity index (χ4v) is 4.29. The lowest BCUT2D eigenvalue weighted by Crippen LogP contribution is -2.52. The first kappa shape index (κ1) is 24.6. The molecule has 1 unspecified atom stereocenters. The van der Waals surface area contributed by atoms with Crippen molar-refractivity contribution in [3.05, 3.63) is 23.8 Å². The zero-order valence-electron chi connectivity index (χ0n) is 19.1. The van der Waals surface area contributed by atoms with Crippen molar-refractivity contribution in [3.63, 3.8) is 0 Å². The predicted octanol–water partition coefficient (Wildman–Crippen LogP) is 3.43. The SMILES string of the molecule is Cc1cc(N2C[C@H](C)O[C@H](C)C2C)ccc1NC(=O)CCCCNS(=O)(=O)C(C)C. The molecule has 1 amide bonds. The van der Waals surface area contributed by atoms with Crippen molar-refractivity contribution in [2.24, 2.45) is 0 Å². The number of amides is 1. The van der Waals surface area contributed by atoms with Crippen molar-refractivity contribution >= 4 is 27.3 Å². The summed E-state index contributed by atoms with van der Waals surface area (Å²) in [6.07, 6.45) is 1.97. The minimum absolute atomic E-state index is 0.0560. The summed E-state index contributed by atoms with van der Waals surface area (Å²) in [6.45, 7) is 12.8. The van der Waals surface area contributed by atoms with Crippen molar-refractivity contribution in [1.82, 2.24) is 4.72 Å². The summed E-state index contributed by atoms with van der Waals surface area (Å²) in [5.74, 6) is -0.0560. The van der Waals surface area contributed by atoms with Gasteiger partial charge < -0.3 is 15.0 Å². The number of rotatable bonds is 9. The molecule has 0 aliphatic carbocycles. The summed E-state index contributed by atoms with van der Waals surface area (Å²) in [5.41, 5.74) is 2.97. The van der Waals surface area contributed by atoms with Crippen LogP contribution >= 0.6 is 0 Å². The maximum Gasteiger partial charge on any atom is 0.224 e. The minimum atomic E-state index is -3.24. The number of carbonyl (C=O) groups excluding carboxylic acids is 1. The van der Waals surface area contributed by atoms with Gasteiger partial charge in [-0.05, 0) is 78.1 Å². The number of hydrogen-bond donors (Lipinski definition) is 2. The van der Waals surface area contributed by atoms with Crippen LogP contribution in [0.5, 0.6) is 0 Å². The smallest absolute Gasteiger partial charge is 0.224 e. The second-order valence-electron chi connectivity index (χ2n) is 8.54. The molecule has 0 bridgehead atoms. The molecule has 0 aromatic heterocycles. The van der Waals surface area contributed by atoms with Crippen molar-refractivity contribution in [2.75, 3.05) is 23.3 Å². The molecular weight excluding hydrogens is 402 g/mol. The van der Waals surface area contributed by atoms with Gasteiger partial charge in [-0.1, -0.05) is 0 Å². The fraction of sp³-hybridized carbons (Fsp3) is 0.682. The lowest BCUT2D eigenvalue weighted by molar-refractivity contribution is -0.116. The van der Waals surface area contributed by atoms with Crippen LogP contribution in [0.25, 0.3) is 0 Å². The molecule has 7 nitrogen and oxygen atoms in total. The molecule has 2 rings (SSSR count). The molecule has 1 heterocycles. The van der Waals surface area contributed by atoms with Gasteiger partial charge in [-0.25, -0.2) is 13.1 Å². The summed E-state index contributed by atoms with van der Waals surface area (Å²) in [5, 5.41) is 2.53. The number of morpholine rings is 1. The van der Waals surface area contributed by atoms with Gasteiger partial charge in [0.1, 0.15) is 0 Å². The second kappa shape index (κ2) is 10.6. The third-order valence-corrected chi connectivity index (χ3v) is 7.49. The zero-order chi connectivity index (χ0) is 22.5. The standard InChI is InChI=1S/C22H37N3O4S/c1-15(2)30(27,28)23-12-8-7-9-22(26)24-21-11-10-20(13-16(21)3)25-14-17(4)29-19(6)18(25)5/h10-11,13,15,17-19,23H,7-9,12,14H2,1-6H3,(H,24,26)/t17-,18?,19+/m0/s1. The van der Waals surface area contributed by atoms with Crippen molar-refractivity contribution in [3.8, 4) is 0 Å². The van der Waals surface area contributed by atoms with E-state index in [1.807, 2.05) is 19.1 Å². The Morgan fingerprint density at radius 2 is 1.93 bits per heavy atom. The maximum absolute atomic E-state index is 12.3. The lowest BCUT2D eigenvalue weighted by atomic mass is 10.1. The van der Waals surface area contributed by atoms with E-state index in [2.05, 4.69) is 41.8 Å². The molecule has 1 saturated heterocycles. The molecule has 0 radical (unpaired) electrons. The van der Waals surface area contributed by atoms with Crippen LogP contribution < -0.4 is 14.9 Å². The van der Waals surface area contributed by atoms with Gasteiger partial charge >= 0.3 is 0 Å². The van der Waals surface area contributed by atoms with E-state index < -0.39 is 15.3 Å². The Labute approximate surface area is 181 Å². The molecule has 8 heteroatoms. The van der Waals surface area contributed by atoms with E-state index in [9.17, 15) is 13.2 Å². The summed E-state index contributed by atoms with van der Waals surface area (Å²) < 4.78 is 31.9. The summed E-state index contributed by atoms with van der Waals surface area (Å²) in [7, 11) is -3.24. The van der Waals surface area contributed by atoms with E-state index in [4.69, 9.17) is 4.74 Å². The number of nitrogens with zero attached hydrogens (tertiary/aromatic N) is 1. The molecule has 30 heavy (non-hydrogen) atoms. The first-order valence-corrected chi connectivity index (χ1v) is 12.4. The summed E-state index contributed by atoms with van der Waals surface area (Å²) in [6, 6.07) is 6.40. The molecule has 1 aromatic carbocycles. The number of sulfonamides is 1. The molecule has 170 valence electrons. The third-order valence-electron chi connectivity index (χ3n) is 5.64. The van der Waals surface area contributed by atoms with E-state index in [0.29, 0.717) is 25.8 Å². The molecule has 1 aliphatic rings. The Hall–Kier alpha value is -1.64. The highest BCUT2D eigenvalue weighted by Crippen LogP contribution is 2.28. The molecule has 1 aromatic rings. The van der Waals surface area contributed by atoms with Crippen LogP contribution in [0.2, 0.25) is 0 Å². The summed E-state index contributed by atoms with van der Waals surface area (Å²) >= 11 is 0. The number of ether oxygens (including phenoxy) is 1. The van der Waals surface area contributed by atoms with E-state index in [1.165, 1.54) is 0 Å². The largest absolute Gasteiger partial charge is 0.372 e. The Morgan fingerprint density at radius 1 is 1.23 bits per heavy atom. The molecule has 2 N–H and O–H groups in total. The Morgan fingerprint density at radius 3 is 2.57 bits per heavy atom. The average molecular weight is 440 g/mol. The van der Waals surface area contributed by atoms with Gasteiger partial charge in [-0.2, -0.15) is 0 Å². The molecule has 0 spiro atoms. The normalized spacial score (nSPS) is 22.4. The average Bonchev–Trinajstić information content (AvgIpc) is 2.65. The first-order chi connectivity index (χ1) is 14.0. The van der Waals surface area contributed by atoms with E-state index in [1.54, 1.807) is 13.8 Å². The minimum Gasteiger partial charge on any atom is -0.372 e. The van der Waals surface area contributed by atoms with Gasteiger partial charge in [-0.3, -0.25) is 4.79 Å². The van der Waals surface area contributed by atoms with E-state index >= 15 is 0 Å². The van der Waals surface area contributed by atoms with Crippen molar-refractivity contribution in [1.29, 1.82) is 0 Å². The molecular formula is C22H37N3O4S. The van der Waals surface area contributed by atoms with Crippen LogP contribution in [0.15, 0.2) is 18.2 Å². The van der Waals surface area contributed by atoms with Gasteiger partial charge in [0.2, 0.25) is 15.9 Å². The number of benzene rings is 1. The van der Waals surface area contributed by atoms with Gasteiger partial charge in [0.05, 0.1) is 23.5 Å². The van der Waals surface area contributed by atoms with Gasteiger partial charge in [-0.15, -0.1) is 0 Å². The monoisotopic (exact) mass is 439 g/mol. The number of unbranched alkanes of at least 4 members (excludes halogenated alkanes) is 1. The second-order valence-corrected chi connectivity index (χ2v) is 10.9. The highest BCUT2D eigenvalue weighted by molar-refractivity contribution is 7.90. The van der Waals surface area contributed by atoms with Crippen LogP contribution in [0.3, 0.4) is 0 Å². The van der Waals surface area contributed by atoms with Crippen molar-refractivity contribution in [2.45, 2.75) is 84.3 Å². The zero-order valence-corrected chi connectivity index (χ0v) is 19.9. The number of hydrogen-bond acceptors (Lipinski definition) is 5. The Bertz CT molecular complexity index is 826. The highest BCUT2D eigenvalue weighted by atomic mass is 32.2. The predicted molar refractivity (Wildman–Crippen MR) is 123 cm³/mol. The highest BCUT2D eigenvalue weighted by Gasteiger charge is 2.29. The molecule has 3 atom stereocenters. The first-order valence-electron chi connectivity index (χ1n) is 10.8. The van der Waals surface area contributed by atoms with Gasteiger partial charge in [0.25, 0.3) is 0 Å². The Balaban J connectivity index is 1.85. The van der Waals surface area contributed by atoms with Crippen LogP contribution in [0.4, 0.5) is 11.4 Å². The van der Waals surface area contributed by atoms with Gasteiger partial charge in [0.15, 0.2) is 0 Å². The number of nitrogens with one attached hydrogen (secondary N) is 2. The topological polar surface area (TPSA) is 87.7 Å². The Kier molecular flexibility index (Phi) is 8.70. The number of aryl methyl sites for hydroxylation is 1. The maximum atomic E-state index is 12.3. The number of carbonyl (C=O) groups is 1. The van der Waals surface area contributed by atoms with Crippen LogP contribution in [-0.4, -0.2) is 50.9 Å². The van der Waals surface area contributed by atoms with E-state index in [0.717, 1.165) is 23.5 Å². The summed E-state index contributed by atoms with van der Waals surface area (Å²) in [4.78, 5) is 14.6. The van der Waals surface area contributed by atoms with Crippen molar-refractivity contribution < 1.29 is 17.9 Å².